The number of nitrogens with zero attached hydrogens (tertiary/aromatic N) is 5. The number of nitriles is 1. The number of aromatic amines is 1. The van der Waals surface area contributed by atoms with Crippen molar-refractivity contribution in [1.82, 2.24) is 19.3 Å². The first-order valence-electron chi connectivity index (χ1n) is 8.57. The van der Waals surface area contributed by atoms with Crippen molar-refractivity contribution in [1.29, 1.82) is 5.26 Å². The normalized spacial score (nSPS) is 19.9. The van der Waals surface area contributed by atoms with Crippen molar-refractivity contribution in [2.75, 3.05) is 30.8 Å². The summed E-state index contributed by atoms with van der Waals surface area (Å²) in [5.74, 6) is 0.753. The Labute approximate surface area is 152 Å². The minimum absolute atomic E-state index is 0.382. The molecule has 0 bridgehead atoms. The summed E-state index contributed by atoms with van der Waals surface area (Å²) in [4.78, 5) is 14.1. The Hall–Kier alpha value is -2.44. The molecule has 4 rings (SSSR count). The molecular formula is C17H20N6O2S. The molecule has 2 aliphatic heterocycles. The lowest BCUT2D eigenvalue weighted by Crippen LogP contribution is -2.58. The van der Waals surface area contributed by atoms with Gasteiger partial charge in [0.05, 0.1) is 23.8 Å². The molecule has 9 heteroatoms. The van der Waals surface area contributed by atoms with Crippen LogP contribution in [0.1, 0.15) is 29.9 Å². The van der Waals surface area contributed by atoms with Gasteiger partial charge in [0.2, 0.25) is 10.0 Å². The number of imidazole rings is 1. The Morgan fingerprint density at radius 3 is 2.73 bits per heavy atom. The predicted molar refractivity (Wildman–Crippen MR) is 95.9 cm³/mol. The Bertz CT molecular complexity index is 969. The molecule has 0 atom stereocenters. The van der Waals surface area contributed by atoms with Gasteiger partial charge in [0.15, 0.2) is 0 Å². The highest BCUT2D eigenvalue weighted by Gasteiger charge is 2.50. The van der Waals surface area contributed by atoms with Gasteiger partial charge in [-0.3, -0.25) is 0 Å². The SMILES string of the molecule is CS(=O)(=O)N1CCc2[nH]cnc2C12CCN(c1cccc(C#N)n1)CC2. The monoisotopic (exact) mass is 372 g/mol. The minimum Gasteiger partial charge on any atom is -0.356 e. The maximum atomic E-state index is 12.5. The Morgan fingerprint density at radius 2 is 2.04 bits per heavy atom. The van der Waals surface area contributed by atoms with Gasteiger partial charge >= 0.3 is 0 Å². The van der Waals surface area contributed by atoms with Crippen LogP contribution in [-0.2, 0) is 22.0 Å². The number of nitrogens with one attached hydrogen (secondary N) is 1. The van der Waals surface area contributed by atoms with Crippen LogP contribution in [0.15, 0.2) is 24.5 Å². The first-order chi connectivity index (χ1) is 12.4. The van der Waals surface area contributed by atoms with Crippen LogP contribution in [0, 0.1) is 11.3 Å². The van der Waals surface area contributed by atoms with Gasteiger partial charge in [0, 0.05) is 31.7 Å². The van der Waals surface area contributed by atoms with Gasteiger partial charge in [-0.2, -0.15) is 9.57 Å². The second-order valence-electron chi connectivity index (χ2n) is 6.83. The zero-order valence-electron chi connectivity index (χ0n) is 14.5. The van der Waals surface area contributed by atoms with Crippen LogP contribution < -0.4 is 4.90 Å². The largest absolute Gasteiger partial charge is 0.356 e. The first kappa shape index (κ1) is 17.0. The standard InChI is InChI=1S/C17H20N6O2S/c1-26(24,25)23-8-5-14-16(20-12-19-14)17(23)6-9-22(10-7-17)15-4-2-3-13(11-18)21-15/h2-4,12H,5-10H2,1H3,(H,19,20). The third-order valence-corrected chi connectivity index (χ3v) is 6.70. The molecule has 26 heavy (non-hydrogen) atoms. The van der Waals surface area contributed by atoms with Gasteiger partial charge in [-0.1, -0.05) is 6.07 Å². The molecule has 1 spiro atoms. The van der Waals surface area contributed by atoms with Crippen LogP contribution in [0.3, 0.4) is 0 Å². The molecule has 8 nitrogen and oxygen atoms in total. The second kappa shape index (κ2) is 6.07. The summed E-state index contributed by atoms with van der Waals surface area (Å²) in [6.45, 7) is 1.77. The third kappa shape index (κ3) is 2.66. The number of pyridine rings is 1. The summed E-state index contributed by atoms with van der Waals surface area (Å²) < 4.78 is 26.5. The number of aromatic nitrogens is 3. The van der Waals surface area contributed by atoms with Crippen molar-refractivity contribution in [3.05, 3.63) is 41.6 Å². The highest BCUT2D eigenvalue weighted by atomic mass is 32.2. The lowest BCUT2D eigenvalue weighted by atomic mass is 9.80. The van der Waals surface area contributed by atoms with Gasteiger partial charge < -0.3 is 9.88 Å². The summed E-state index contributed by atoms with van der Waals surface area (Å²) in [7, 11) is -3.35. The average Bonchev–Trinajstić information content (AvgIpc) is 3.12. The Kier molecular flexibility index (Phi) is 3.97. The van der Waals surface area contributed by atoms with Crippen molar-refractivity contribution in [3.8, 4) is 6.07 Å². The molecule has 0 aliphatic carbocycles. The quantitative estimate of drug-likeness (QED) is 0.843. The van der Waals surface area contributed by atoms with Gasteiger partial charge in [0.1, 0.15) is 17.6 Å². The van der Waals surface area contributed by atoms with E-state index in [1.165, 1.54) is 6.26 Å². The minimum atomic E-state index is -3.35. The van der Waals surface area contributed by atoms with E-state index in [1.54, 1.807) is 16.7 Å². The molecule has 1 fully saturated rings. The van der Waals surface area contributed by atoms with E-state index in [1.807, 2.05) is 12.1 Å². The Morgan fingerprint density at radius 1 is 1.27 bits per heavy atom. The number of anilines is 1. The molecule has 136 valence electrons. The van der Waals surface area contributed by atoms with Crippen LogP contribution in [-0.4, -0.2) is 53.6 Å². The van der Waals surface area contributed by atoms with E-state index in [0.29, 0.717) is 44.6 Å². The van der Waals surface area contributed by atoms with Crippen molar-refractivity contribution in [2.45, 2.75) is 24.8 Å². The molecule has 2 aromatic heterocycles. The molecule has 0 saturated carbocycles. The highest BCUT2D eigenvalue weighted by molar-refractivity contribution is 7.88. The Balaban J connectivity index is 1.66. The maximum Gasteiger partial charge on any atom is 0.212 e. The molecule has 0 aromatic carbocycles. The van der Waals surface area contributed by atoms with Gasteiger partial charge in [-0.15, -0.1) is 0 Å². The van der Waals surface area contributed by atoms with Crippen LogP contribution >= 0.6 is 0 Å². The van der Waals surface area contributed by atoms with E-state index >= 15 is 0 Å². The lowest BCUT2D eigenvalue weighted by molar-refractivity contribution is 0.128. The predicted octanol–water partition coefficient (Wildman–Crippen LogP) is 0.990. The average molecular weight is 372 g/mol. The van der Waals surface area contributed by atoms with Crippen LogP contribution in [0.2, 0.25) is 0 Å². The van der Waals surface area contributed by atoms with E-state index in [2.05, 4.69) is 25.9 Å². The molecule has 0 unspecified atom stereocenters. The number of piperidine rings is 1. The van der Waals surface area contributed by atoms with Crippen molar-refractivity contribution < 1.29 is 8.42 Å². The fourth-order valence-corrected chi connectivity index (χ4v) is 5.52. The maximum absolute atomic E-state index is 12.5. The van der Waals surface area contributed by atoms with Crippen molar-refractivity contribution in [2.24, 2.45) is 0 Å². The first-order valence-corrected chi connectivity index (χ1v) is 10.4. The number of fused-ring (bicyclic) bond motifs is 2. The third-order valence-electron chi connectivity index (χ3n) is 5.37. The molecule has 1 N–H and O–H groups in total. The van der Waals surface area contributed by atoms with Crippen LogP contribution in [0.4, 0.5) is 5.82 Å². The lowest BCUT2D eigenvalue weighted by Gasteiger charge is -2.49. The second-order valence-corrected chi connectivity index (χ2v) is 8.73. The number of hydrogen-bond donors (Lipinski definition) is 1. The smallest absolute Gasteiger partial charge is 0.212 e. The van der Waals surface area contributed by atoms with Gasteiger partial charge in [0.25, 0.3) is 0 Å². The summed E-state index contributed by atoms with van der Waals surface area (Å²) in [6.07, 6.45) is 4.85. The number of sulfonamides is 1. The molecule has 0 radical (unpaired) electrons. The number of H-pyrrole nitrogens is 1. The fourth-order valence-electron chi connectivity index (χ4n) is 4.19. The summed E-state index contributed by atoms with van der Waals surface area (Å²) in [6, 6.07) is 7.44. The highest BCUT2D eigenvalue weighted by Crippen LogP contribution is 2.43. The van der Waals surface area contributed by atoms with Crippen LogP contribution in [0.25, 0.3) is 0 Å². The molecule has 2 aliphatic rings. The van der Waals surface area contributed by atoms with E-state index in [0.717, 1.165) is 17.2 Å². The van der Waals surface area contributed by atoms with Crippen molar-refractivity contribution in [3.63, 3.8) is 0 Å². The molecule has 2 aromatic rings. The summed E-state index contributed by atoms with van der Waals surface area (Å²) in [5.41, 5.74) is 1.66. The number of rotatable bonds is 2. The van der Waals surface area contributed by atoms with Crippen molar-refractivity contribution >= 4 is 15.8 Å². The van der Waals surface area contributed by atoms with Crippen LogP contribution in [0.5, 0.6) is 0 Å². The molecule has 1 saturated heterocycles. The molecule has 0 amide bonds. The van der Waals surface area contributed by atoms with E-state index in [-0.39, 0.29) is 0 Å². The van der Waals surface area contributed by atoms with Gasteiger partial charge in [-0.25, -0.2) is 18.4 Å². The zero-order chi connectivity index (χ0) is 18.4. The molecular weight excluding hydrogens is 352 g/mol. The summed E-state index contributed by atoms with van der Waals surface area (Å²) in [5, 5.41) is 9.05. The van der Waals surface area contributed by atoms with Gasteiger partial charge in [-0.05, 0) is 25.0 Å². The summed E-state index contributed by atoms with van der Waals surface area (Å²) >= 11 is 0. The topological polar surface area (TPSA) is 106 Å². The fraction of sp³-hybridized carbons (Fsp3) is 0.471. The zero-order valence-corrected chi connectivity index (χ0v) is 15.3. The number of hydrogen-bond acceptors (Lipinski definition) is 6. The van der Waals surface area contributed by atoms with E-state index in [9.17, 15) is 8.42 Å². The molecule has 4 heterocycles. The van der Waals surface area contributed by atoms with E-state index < -0.39 is 15.6 Å². The van der Waals surface area contributed by atoms with E-state index in [4.69, 9.17) is 5.26 Å².